The molecule has 0 aliphatic carbocycles. The SMILES string of the molecule is Cc1nnc(NCc2ccc(F)c(F)c2)nc1C. The Hall–Kier alpha value is -2.11. The quantitative estimate of drug-likeness (QED) is 0.908. The van der Waals surface area contributed by atoms with E-state index < -0.39 is 11.6 Å². The Bertz CT molecular complexity index is 520. The van der Waals surface area contributed by atoms with Gasteiger partial charge in [-0.2, -0.15) is 5.10 Å². The first-order chi connectivity index (χ1) is 8.56. The summed E-state index contributed by atoms with van der Waals surface area (Å²) >= 11 is 0. The van der Waals surface area contributed by atoms with Crippen LogP contribution in [-0.4, -0.2) is 15.2 Å². The zero-order valence-corrected chi connectivity index (χ0v) is 10.0. The van der Waals surface area contributed by atoms with Crippen LogP contribution < -0.4 is 5.32 Å². The number of nitrogens with one attached hydrogen (secondary N) is 1. The summed E-state index contributed by atoms with van der Waals surface area (Å²) in [5.74, 6) is -1.36. The first-order valence-corrected chi connectivity index (χ1v) is 5.42. The van der Waals surface area contributed by atoms with Crippen molar-refractivity contribution in [1.29, 1.82) is 0 Å². The molecule has 94 valence electrons. The molecule has 1 aromatic carbocycles. The molecule has 0 bridgehead atoms. The molecule has 2 rings (SSSR count). The third kappa shape index (κ3) is 2.77. The van der Waals surface area contributed by atoms with Crippen LogP contribution in [0.5, 0.6) is 0 Å². The van der Waals surface area contributed by atoms with E-state index in [0.29, 0.717) is 18.1 Å². The van der Waals surface area contributed by atoms with Crippen LogP contribution in [0.3, 0.4) is 0 Å². The van der Waals surface area contributed by atoms with Crippen LogP contribution in [0.1, 0.15) is 17.0 Å². The lowest BCUT2D eigenvalue weighted by atomic mass is 10.2. The fourth-order valence-electron chi connectivity index (χ4n) is 1.36. The molecule has 0 saturated heterocycles. The predicted octanol–water partition coefficient (Wildman–Crippen LogP) is 2.38. The first-order valence-electron chi connectivity index (χ1n) is 5.42. The van der Waals surface area contributed by atoms with Crippen molar-refractivity contribution in [3.8, 4) is 0 Å². The molecule has 0 radical (unpaired) electrons. The van der Waals surface area contributed by atoms with Gasteiger partial charge in [-0.1, -0.05) is 6.07 Å². The van der Waals surface area contributed by atoms with Gasteiger partial charge in [-0.15, -0.1) is 5.10 Å². The lowest BCUT2D eigenvalue weighted by molar-refractivity contribution is 0.507. The van der Waals surface area contributed by atoms with Crippen molar-refractivity contribution in [3.63, 3.8) is 0 Å². The van der Waals surface area contributed by atoms with Gasteiger partial charge in [0.05, 0.1) is 11.4 Å². The highest BCUT2D eigenvalue weighted by atomic mass is 19.2. The molecule has 0 amide bonds. The van der Waals surface area contributed by atoms with Crippen LogP contribution in [0.4, 0.5) is 14.7 Å². The second-order valence-electron chi connectivity index (χ2n) is 3.91. The van der Waals surface area contributed by atoms with Gasteiger partial charge in [0.1, 0.15) is 0 Å². The fourth-order valence-corrected chi connectivity index (χ4v) is 1.36. The summed E-state index contributed by atoms with van der Waals surface area (Å²) in [7, 11) is 0. The van der Waals surface area contributed by atoms with Gasteiger partial charge in [-0.25, -0.2) is 13.8 Å². The molecule has 0 aliphatic rings. The topological polar surface area (TPSA) is 50.7 Å². The Kier molecular flexibility index (Phi) is 3.45. The van der Waals surface area contributed by atoms with E-state index in [2.05, 4.69) is 20.5 Å². The average Bonchev–Trinajstić information content (AvgIpc) is 2.35. The molecule has 1 aromatic heterocycles. The minimum Gasteiger partial charge on any atom is -0.349 e. The smallest absolute Gasteiger partial charge is 0.243 e. The standard InChI is InChI=1S/C12H12F2N4/c1-7-8(2)17-18-12(16-7)15-6-9-3-4-10(13)11(14)5-9/h3-5H,6H2,1-2H3,(H,15,16,18). The van der Waals surface area contributed by atoms with E-state index in [-0.39, 0.29) is 0 Å². The summed E-state index contributed by atoms with van der Waals surface area (Å²) in [6, 6.07) is 3.72. The van der Waals surface area contributed by atoms with Crippen molar-refractivity contribution in [2.24, 2.45) is 0 Å². The molecule has 1 heterocycles. The molecule has 0 spiro atoms. The number of hydrogen-bond acceptors (Lipinski definition) is 4. The second-order valence-corrected chi connectivity index (χ2v) is 3.91. The Morgan fingerprint density at radius 2 is 1.83 bits per heavy atom. The monoisotopic (exact) mass is 250 g/mol. The van der Waals surface area contributed by atoms with Gasteiger partial charge < -0.3 is 5.32 Å². The van der Waals surface area contributed by atoms with Crippen molar-refractivity contribution in [2.75, 3.05) is 5.32 Å². The van der Waals surface area contributed by atoms with Gasteiger partial charge in [0, 0.05) is 6.54 Å². The second kappa shape index (κ2) is 5.03. The fraction of sp³-hybridized carbons (Fsp3) is 0.250. The third-order valence-electron chi connectivity index (χ3n) is 2.53. The molecular weight excluding hydrogens is 238 g/mol. The maximum absolute atomic E-state index is 13.0. The van der Waals surface area contributed by atoms with E-state index in [0.717, 1.165) is 23.5 Å². The molecule has 6 heteroatoms. The van der Waals surface area contributed by atoms with Crippen LogP contribution in [0.15, 0.2) is 18.2 Å². The van der Waals surface area contributed by atoms with Crippen molar-refractivity contribution in [2.45, 2.75) is 20.4 Å². The molecule has 0 unspecified atom stereocenters. The van der Waals surface area contributed by atoms with Crippen molar-refractivity contribution < 1.29 is 8.78 Å². The van der Waals surface area contributed by atoms with Crippen molar-refractivity contribution in [1.82, 2.24) is 15.2 Å². The summed E-state index contributed by atoms with van der Waals surface area (Å²) < 4.78 is 25.7. The maximum atomic E-state index is 13.0. The molecule has 0 atom stereocenters. The molecule has 0 saturated carbocycles. The van der Waals surface area contributed by atoms with Crippen molar-refractivity contribution >= 4 is 5.95 Å². The highest BCUT2D eigenvalue weighted by Gasteiger charge is 2.04. The number of aromatic nitrogens is 3. The highest BCUT2D eigenvalue weighted by Crippen LogP contribution is 2.10. The first kappa shape index (κ1) is 12.3. The predicted molar refractivity (Wildman–Crippen MR) is 63.0 cm³/mol. The lowest BCUT2D eigenvalue weighted by Crippen LogP contribution is -2.07. The minimum absolute atomic E-state index is 0.307. The molecule has 2 aromatic rings. The molecule has 1 N–H and O–H groups in total. The largest absolute Gasteiger partial charge is 0.349 e. The van der Waals surface area contributed by atoms with Gasteiger partial charge in [-0.05, 0) is 31.5 Å². The van der Waals surface area contributed by atoms with Gasteiger partial charge >= 0.3 is 0 Å². The van der Waals surface area contributed by atoms with E-state index in [4.69, 9.17) is 0 Å². The Labute approximate surface area is 103 Å². The maximum Gasteiger partial charge on any atom is 0.243 e. The normalized spacial score (nSPS) is 10.4. The number of benzene rings is 1. The van der Waals surface area contributed by atoms with Crippen LogP contribution >= 0.6 is 0 Å². The highest BCUT2D eigenvalue weighted by molar-refractivity contribution is 5.28. The van der Waals surface area contributed by atoms with E-state index in [1.807, 2.05) is 13.8 Å². The molecule has 4 nitrogen and oxygen atoms in total. The van der Waals surface area contributed by atoms with Crippen molar-refractivity contribution in [3.05, 3.63) is 46.8 Å². The number of halogens is 2. The van der Waals surface area contributed by atoms with Crippen LogP contribution in [0.25, 0.3) is 0 Å². The third-order valence-corrected chi connectivity index (χ3v) is 2.53. The number of rotatable bonds is 3. The van der Waals surface area contributed by atoms with Gasteiger partial charge in [0.25, 0.3) is 0 Å². The number of hydrogen-bond donors (Lipinski definition) is 1. The lowest BCUT2D eigenvalue weighted by Gasteiger charge is -2.06. The Morgan fingerprint density at radius 3 is 2.50 bits per heavy atom. The Morgan fingerprint density at radius 1 is 1.06 bits per heavy atom. The molecular formula is C12H12F2N4. The average molecular weight is 250 g/mol. The van der Waals surface area contributed by atoms with Gasteiger partial charge in [0.2, 0.25) is 5.95 Å². The zero-order chi connectivity index (χ0) is 13.1. The van der Waals surface area contributed by atoms with E-state index in [9.17, 15) is 8.78 Å². The van der Waals surface area contributed by atoms with E-state index >= 15 is 0 Å². The van der Waals surface area contributed by atoms with E-state index in [1.165, 1.54) is 6.07 Å². The van der Waals surface area contributed by atoms with Crippen LogP contribution in [0.2, 0.25) is 0 Å². The minimum atomic E-state index is -0.867. The summed E-state index contributed by atoms with van der Waals surface area (Å²) in [5, 5.41) is 10.7. The number of anilines is 1. The summed E-state index contributed by atoms with van der Waals surface area (Å²) in [5.41, 5.74) is 2.14. The molecule has 18 heavy (non-hydrogen) atoms. The number of aryl methyl sites for hydroxylation is 2. The summed E-state index contributed by atoms with van der Waals surface area (Å²) in [4.78, 5) is 4.18. The van der Waals surface area contributed by atoms with Crippen LogP contribution in [-0.2, 0) is 6.54 Å². The molecule has 0 fully saturated rings. The van der Waals surface area contributed by atoms with Gasteiger partial charge in [0.15, 0.2) is 11.6 Å². The van der Waals surface area contributed by atoms with Gasteiger partial charge in [-0.3, -0.25) is 0 Å². The van der Waals surface area contributed by atoms with E-state index in [1.54, 1.807) is 0 Å². The summed E-state index contributed by atoms with van der Waals surface area (Å²) in [6.45, 7) is 3.95. The zero-order valence-electron chi connectivity index (χ0n) is 10.0. The number of nitrogens with zero attached hydrogens (tertiary/aromatic N) is 3. The van der Waals surface area contributed by atoms with Crippen LogP contribution in [0, 0.1) is 25.5 Å². The summed E-state index contributed by atoms with van der Waals surface area (Å²) in [6.07, 6.45) is 0. The Balaban J connectivity index is 2.06. The molecule has 0 aliphatic heterocycles.